The molecule has 104 valence electrons. The van der Waals surface area contributed by atoms with E-state index in [-0.39, 0.29) is 6.61 Å². The van der Waals surface area contributed by atoms with Crippen LogP contribution in [0.4, 0.5) is 10.5 Å². The van der Waals surface area contributed by atoms with Gasteiger partial charge in [0.05, 0.1) is 16.4 Å². The summed E-state index contributed by atoms with van der Waals surface area (Å²) in [6.07, 6.45) is 1.05. The number of halogens is 1. The van der Waals surface area contributed by atoms with Crippen LogP contribution in [0.15, 0.2) is 42.6 Å². The Morgan fingerprint density at radius 2 is 2.05 bits per heavy atom. The first-order valence-corrected chi connectivity index (χ1v) is 6.95. The predicted octanol–water partition coefficient (Wildman–Crippen LogP) is 3.44. The number of anilines is 1. The third-order valence-electron chi connectivity index (χ3n) is 2.50. The first-order valence-electron chi connectivity index (χ1n) is 5.87. The van der Waals surface area contributed by atoms with E-state index >= 15 is 0 Å². The molecular weight excluding hydrogens is 371 g/mol. The highest BCUT2D eigenvalue weighted by molar-refractivity contribution is 14.1. The Morgan fingerprint density at radius 3 is 2.75 bits per heavy atom. The maximum Gasteiger partial charge on any atom is 0.411 e. The molecule has 0 fully saturated rings. The van der Waals surface area contributed by atoms with E-state index in [1.165, 1.54) is 7.11 Å². The number of aromatic nitrogens is 1. The highest BCUT2D eigenvalue weighted by atomic mass is 127. The lowest BCUT2D eigenvalue weighted by Gasteiger charge is -2.10. The summed E-state index contributed by atoms with van der Waals surface area (Å²) in [5.41, 5.74) is 1.54. The second kappa shape index (κ2) is 7.09. The number of ether oxygens (including phenoxy) is 2. The molecule has 0 bridgehead atoms. The zero-order valence-electron chi connectivity index (χ0n) is 10.8. The van der Waals surface area contributed by atoms with Gasteiger partial charge in [0.25, 0.3) is 0 Å². The molecule has 5 nitrogen and oxygen atoms in total. The Morgan fingerprint density at radius 1 is 1.30 bits per heavy atom. The highest BCUT2D eigenvalue weighted by Crippen LogP contribution is 2.25. The van der Waals surface area contributed by atoms with Gasteiger partial charge in [-0.2, -0.15) is 0 Å². The van der Waals surface area contributed by atoms with Crippen LogP contribution < -0.4 is 10.1 Å². The van der Waals surface area contributed by atoms with E-state index < -0.39 is 6.09 Å². The molecule has 1 amide bonds. The summed E-state index contributed by atoms with van der Waals surface area (Å²) in [5.74, 6) is 0.464. The van der Waals surface area contributed by atoms with Crippen molar-refractivity contribution in [2.45, 2.75) is 6.61 Å². The van der Waals surface area contributed by atoms with Crippen molar-refractivity contribution in [1.82, 2.24) is 4.98 Å². The lowest BCUT2D eigenvalue weighted by Crippen LogP contribution is -2.14. The smallest absolute Gasteiger partial charge is 0.411 e. The van der Waals surface area contributed by atoms with Crippen LogP contribution in [-0.4, -0.2) is 18.2 Å². The number of hydrogen-bond acceptors (Lipinski definition) is 4. The Bertz CT molecular complexity index is 590. The van der Waals surface area contributed by atoms with Crippen LogP contribution in [0.3, 0.4) is 0 Å². The Hall–Kier alpha value is -1.83. The standard InChI is InChI=1S/C14H13IN2O3/c1-19-13-12(15)11(7-8-16-13)17-14(18)20-9-10-5-3-2-4-6-10/h2-8H,9H2,1H3,(H,16,17,18). The molecule has 0 aliphatic heterocycles. The summed E-state index contributed by atoms with van der Waals surface area (Å²) in [6, 6.07) is 11.2. The average Bonchev–Trinajstić information content (AvgIpc) is 2.48. The number of methoxy groups -OCH3 is 1. The molecule has 0 aliphatic rings. The molecule has 1 aromatic carbocycles. The first-order chi connectivity index (χ1) is 9.70. The van der Waals surface area contributed by atoms with Crippen LogP contribution in [0.1, 0.15) is 5.56 Å². The van der Waals surface area contributed by atoms with E-state index in [0.717, 1.165) is 9.13 Å². The van der Waals surface area contributed by atoms with Crippen LogP contribution in [0.25, 0.3) is 0 Å². The Kier molecular flexibility index (Phi) is 5.16. The van der Waals surface area contributed by atoms with Crippen molar-refractivity contribution in [3.05, 3.63) is 51.7 Å². The number of benzene rings is 1. The van der Waals surface area contributed by atoms with Gasteiger partial charge in [-0.25, -0.2) is 9.78 Å². The van der Waals surface area contributed by atoms with Gasteiger partial charge in [-0.1, -0.05) is 30.3 Å². The third kappa shape index (κ3) is 3.83. The number of nitrogens with one attached hydrogen (secondary N) is 1. The summed E-state index contributed by atoms with van der Waals surface area (Å²) in [4.78, 5) is 15.8. The van der Waals surface area contributed by atoms with E-state index in [0.29, 0.717) is 11.6 Å². The Labute approximate surface area is 130 Å². The summed E-state index contributed by atoms with van der Waals surface area (Å²) >= 11 is 2.06. The lowest BCUT2D eigenvalue weighted by atomic mass is 10.2. The molecule has 0 radical (unpaired) electrons. The van der Waals surface area contributed by atoms with Crippen molar-refractivity contribution >= 4 is 34.4 Å². The second-order valence-corrected chi connectivity index (χ2v) is 4.95. The van der Waals surface area contributed by atoms with Gasteiger partial charge >= 0.3 is 6.09 Å². The molecule has 1 aromatic heterocycles. The topological polar surface area (TPSA) is 60.5 Å². The number of amides is 1. The molecule has 2 rings (SSSR count). The monoisotopic (exact) mass is 384 g/mol. The van der Waals surface area contributed by atoms with Crippen molar-refractivity contribution < 1.29 is 14.3 Å². The van der Waals surface area contributed by atoms with Crippen molar-refractivity contribution in [3.63, 3.8) is 0 Å². The summed E-state index contributed by atoms with van der Waals surface area (Å²) in [7, 11) is 1.53. The zero-order chi connectivity index (χ0) is 14.4. The molecular formula is C14H13IN2O3. The van der Waals surface area contributed by atoms with Gasteiger partial charge in [0.1, 0.15) is 6.61 Å². The number of hydrogen-bond donors (Lipinski definition) is 1. The molecule has 1 N–H and O–H groups in total. The summed E-state index contributed by atoms with van der Waals surface area (Å²) in [5, 5.41) is 2.67. The molecule has 6 heteroatoms. The number of nitrogens with zero attached hydrogens (tertiary/aromatic N) is 1. The largest absolute Gasteiger partial charge is 0.480 e. The number of rotatable bonds is 4. The summed E-state index contributed by atoms with van der Waals surface area (Å²) in [6.45, 7) is 0.228. The van der Waals surface area contributed by atoms with E-state index in [1.54, 1.807) is 12.3 Å². The third-order valence-corrected chi connectivity index (χ3v) is 3.54. The van der Waals surface area contributed by atoms with E-state index in [4.69, 9.17) is 9.47 Å². The SMILES string of the molecule is COc1nccc(NC(=O)OCc2ccccc2)c1I. The molecule has 0 unspecified atom stereocenters. The molecule has 0 aliphatic carbocycles. The van der Waals surface area contributed by atoms with Crippen LogP contribution in [0, 0.1) is 3.57 Å². The lowest BCUT2D eigenvalue weighted by molar-refractivity contribution is 0.155. The average molecular weight is 384 g/mol. The van der Waals surface area contributed by atoms with Crippen molar-refractivity contribution in [2.75, 3.05) is 12.4 Å². The molecule has 20 heavy (non-hydrogen) atoms. The van der Waals surface area contributed by atoms with Crippen molar-refractivity contribution in [1.29, 1.82) is 0 Å². The number of carbonyl (C=O) groups excluding carboxylic acids is 1. The predicted molar refractivity (Wildman–Crippen MR) is 83.8 cm³/mol. The van der Waals surface area contributed by atoms with E-state index in [1.807, 2.05) is 30.3 Å². The molecule has 0 saturated heterocycles. The van der Waals surface area contributed by atoms with Gasteiger partial charge in [0.15, 0.2) is 0 Å². The van der Waals surface area contributed by atoms with E-state index in [2.05, 4.69) is 32.9 Å². The minimum absolute atomic E-state index is 0.228. The molecule has 2 aromatic rings. The molecule has 0 saturated carbocycles. The highest BCUT2D eigenvalue weighted by Gasteiger charge is 2.11. The Balaban J connectivity index is 1.95. The zero-order valence-corrected chi connectivity index (χ0v) is 13.0. The fraction of sp³-hybridized carbons (Fsp3) is 0.143. The fourth-order valence-electron chi connectivity index (χ4n) is 1.53. The first kappa shape index (κ1) is 14.6. The maximum atomic E-state index is 11.7. The van der Waals surface area contributed by atoms with E-state index in [9.17, 15) is 4.79 Å². The van der Waals surface area contributed by atoms with Crippen LogP contribution in [0.5, 0.6) is 5.88 Å². The van der Waals surface area contributed by atoms with Gasteiger partial charge in [-0.3, -0.25) is 5.32 Å². The minimum atomic E-state index is -0.514. The van der Waals surface area contributed by atoms with Gasteiger partial charge in [-0.05, 0) is 34.2 Å². The van der Waals surface area contributed by atoms with Gasteiger partial charge in [0.2, 0.25) is 5.88 Å². The second-order valence-electron chi connectivity index (χ2n) is 3.87. The van der Waals surface area contributed by atoms with Gasteiger partial charge in [-0.15, -0.1) is 0 Å². The van der Waals surface area contributed by atoms with Crippen molar-refractivity contribution in [2.24, 2.45) is 0 Å². The van der Waals surface area contributed by atoms with Crippen molar-refractivity contribution in [3.8, 4) is 5.88 Å². The normalized spacial score (nSPS) is 9.90. The number of pyridine rings is 1. The number of carbonyl (C=O) groups is 1. The molecule has 1 heterocycles. The quantitative estimate of drug-likeness (QED) is 0.821. The van der Waals surface area contributed by atoms with Gasteiger partial charge < -0.3 is 9.47 Å². The molecule has 0 atom stereocenters. The molecule has 0 spiro atoms. The fourth-order valence-corrected chi connectivity index (χ4v) is 2.21. The van der Waals surface area contributed by atoms with Crippen LogP contribution in [0.2, 0.25) is 0 Å². The van der Waals surface area contributed by atoms with Gasteiger partial charge in [0, 0.05) is 6.20 Å². The minimum Gasteiger partial charge on any atom is -0.480 e. The van der Waals surface area contributed by atoms with Crippen LogP contribution in [-0.2, 0) is 11.3 Å². The maximum absolute atomic E-state index is 11.7. The summed E-state index contributed by atoms with van der Waals surface area (Å²) < 4.78 is 11.0. The van der Waals surface area contributed by atoms with Crippen LogP contribution >= 0.6 is 22.6 Å².